The van der Waals surface area contributed by atoms with Crippen LogP contribution in [0.15, 0.2) is 59.0 Å². The molecule has 2 saturated carbocycles. The van der Waals surface area contributed by atoms with Crippen LogP contribution in [0.4, 0.5) is 5.69 Å². The highest BCUT2D eigenvalue weighted by Gasteiger charge is 2.70. The van der Waals surface area contributed by atoms with Gasteiger partial charge in [0.1, 0.15) is 6.10 Å². The first-order valence-corrected chi connectivity index (χ1v) is 16.7. The first-order chi connectivity index (χ1) is 19.6. The normalized spacial score (nSPS) is 28.6. The van der Waals surface area contributed by atoms with Crippen LogP contribution in [0.1, 0.15) is 77.0 Å². The number of Topliss-reactive ketones (excluding diaryl/α,β-unsaturated/α-hetero) is 1. The maximum atomic E-state index is 14.7. The summed E-state index contributed by atoms with van der Waals surface area (Å²) in [5.74, 6) is -0.454. The van der Waals surface area contributed by atoms with Gasteiger partial charge in [0.2, 0.25) is 0 Å². The molecule has 0 radical (unpaired) electrons. The molecule has 2 bridgehead atoms. The van der Waals surface area contributed by atoms with Crippen LogP contribution in [0, 0.1) is 49.4 Å². The summed E-state index contributed by atoms with van der Waals surface area (Å²) in [6.07, 6.45) is 3.74. The molecule has 5 rings (SSSR count). The van der Waals surface area contributed by atoms with Crippen LogP contribution in [-0.2, 0) is 24.3 Å². The average Bonchev–Trinajstić information content (AvgIpc) is 3.24. The van der Waals surface area contributed by atoms with E-state index in [0.717, 1.165) is 36.0 Å². The first kappa shape index (κ1) is 30.5. The van der Waals surface area contributed by atoms with E-state index in [2.05, 4.69) is 34.6 Å². The van der Waals surface area contributed by atoms with Gasteiger partial charge in [-0.1, -0.05) is 76.6 Å². The van der Waals surface area contributed by atoms with Crippen LogP contribution in [0.2, 0.25) is 0 Å². The molecule has 0 spiro atoms. The van der Waals surface area contributed by atoms with E-state index in [9.17, 15) is 18.0 Å². The molecular weight excluding hydrogens is 546 g/mol. The number of carbonyl (C=O) groups excluding carboxylic acids is 2. The minimum atomic E-state index is -4.06. The lowest BCUT2D eigenvalue weighted by atomic mass is 9.70. The molecule has 2 aromatic carbocycles. The van der Waals surface area contributed by atoms with Crippen molar-refractivity contribution >= 4 is 27.5 Å². The summed E-state index contributed by atoms with van der Waals surface area (Å²) in [7, 11) is -4.06. The quantitative estimate of drug-likeness (QED) is 0.253. The molecule has 0 amide bonds. The van der Waals surface area contributed by atoms with Gasteiger partial charge in [0.05, 0.1) is 22.2 Å². The summed E-state index contributed by atoms with van der Waals surface area (Å²) in [5.41, 5.74) is 2.71. The lowest BCUT2D eigenvalue weighted by Crippen LogP contribution is -2.54. The van der Waals surface area contributed by atoms with E-state index < -0.39 is 33.6 Å². The topological polar surface area (TPSA) is 80.8 Å². The molecule has 5 atom stereocenters. The Kier molecular flexibility index (Phi) is 7.74. The SMILES string of the molecule is Cc1cc(C)c(N([C@H]2[C@H]3CC[C@@](C)([C@H]2OC(=O)C2=C[C@H](C(C)C)CCC2=O)C3(C)C)S(=O)(=O)c2ccccc2)c(C)c1. The van der Waals surface area contributed by atoms with Crippen molar-refractivity contribution in [3.63, 3.8) is 0 Å². The number of allylic oxidation sites excluding steroid dienone is 1. The van der Waals surface area contributed by atoms with Crippen LogP contribution in [-0.4, -0.2) is 32.3 Å². The van der Waals surface area contributed by atoms with E-state index >= 15 is 0 Å². The van der Waals surface area contributed by atoms with Crippen LogP contribution >= 0.6 is 0 Å². The fourth-order valence-electron chi connectivity index (χ4n) is 8.11. The fourth-order valence-corrected chi connectivity index (χ4v) is 9.94. The number of fused-ring (bicyclic) bond motifs is 2. The molecule has 3 aliphatic rings. The number of esters is 1. The molecule has 6 nitrogen and oxygen atoms in total. The van der Waals surface area contributed by atoms with E-state index in [1.54, 1.807) is 40.7 Å². The molecule has 0 saturated heterocycles. The smallest absolute Gasteiger partial charge is 0.341 e. The van der Waals surface area contributed by atoms with Crippen molar-refractivity contribution in [2.24, 2.45) is 28.6 Å². The molecule has 0 heterocycles. The maximum Gasteiger partial charge on any atom is 0.341 e. The number of anilines is 1. The Bertz CT molecular complexity index is 1520. The van der Waals surface area contributed by atoms with Crippen molar-refractivity contribution in [3.05, 3.63) is 70.8 Å². The second-order valence-corrected chi connectivity index (χ2v) is 15.7. The second-order valence-electron chi connectivity index (χ2n) is 13.9. The summed E-state index contributed by atoms with van der Waals surface area (Å²) in [5, 5.41) is 0. The van der Waals surface area contributed by atoms with Gasteiger partial charge in [-0.25, -0.2) is 13.2 Å². The number of carbonyl (C=O) groups is 2. The number of nitrogens with zero attached hydrogens (tertiary/aromatic N) is 1. The molecule has 226 valence electrons. The van der Waals surface area contributed by atoms with E-state index in [0.29, 0.717) is 18.0 Å². The number of aryl methyl sites for hydroxylation is 3. The van der Waals surface area contributed by atoms with Crippen molar-refractivity contribution in [2.45, 2.75) is 98.1 Å². The summed E-state index contributed by atoms with van der Waals surface area (Å²) >= 11 is 0. The number of hydrogen-bond acceptors (Lipinski definition) is 5. The van der Waals surface area contributed by atoms with E-state index in [1.165, 1.54) is 0 Å². The Hall–Kier alpha value is -2.93. The van der Waals surface area contributed by atoms with Gasteiger partial charge in [-0.15, -0.1) is 0 Å². The van der Waals surface area contributed by atoms with Crippen molar-refractivity contribution in [1.29, 1.82) is 0 Å². The zero-order valence-electron chi connectivity index (χ0n) is 26.2. The third-order valence-corrected chi connectivity index (χ3v) is 12.7. The van der Waals surface area contributed by atoms with Crippen LogP contribution in [0.25, 0.3) is 0 Å². The lowest BCUT2D eigenvalue weighted by molar-refractivity contribution is -0.154. The minimum Gasteiger partial charge on any atom is -0.456 e. The van der Waals surface area contributed by atoms with Crippen molar-refractivity contribution in [3.8, 4) is 0 Å². The van der Waals surface area contributed by atoms with Crippen LogP contribution < -0.4 is 4.31 Å². The van der Waals surface area contributed by atoms with E-state index in [4.69, 9.17) is 4.74 Å². The zero-order valence-corrected chi connectivity index (χ0v) is 27.0. The van der Waals surface area contributed by atoms with Crippen molar-refractivity contribution < 1.29 is 22.7 Å². The highest BCUT2D eigenvalue weighted by molar-refractivity contribution is 7.92. The highest BCUT2D eigenvalue weighted by Crippen LogP contribution is 2.68. The summed E-state index contributed by atoms with van der Waals surface area (Å²) in [6, 6.07) is 11.9. The molecule has 7 heteroatoms. The van der Waals surface area contributed by atoms with E-state index in [-0.39, 0.29) is 33.5 Å². The van der Waals surface area contributed by atoms with Gasteiger partial charge in [0.25, 0.3) is 10.0 Å². The number of ketones is 1. The Morgan fingerprint density at radius 1 is 1.00 bits per heavy atom. The number of ether oxygens (including phenoxy) is 1. The predicted molar refractivity (Wildman–Crippen MR) is 166 cm³/mol. The highest BCUT2D eigenvalue weighted by atomic mass is 32.2. The molecule has 0 aromatic heterocycles. The molecular formula is C35H45NO5S. The third-order valence-electron chi connectivity index (χ3n) is 10.8. The number of hydrogen-bond donors (Lipinski definition) is 0. The molecule has 2 fully saturated rings. The molecule has 0 N–H and O–H groups in total. The Morgan fingerprint density at radius 3 is 2.21 bits per heavy atom. The van der Waals surface area contributed by atoms with Gasteiger partial charge in [-0.3, -0.25) is 9.10 Å². The van der Waals surface area contributed by atoms with Gasteiger partial charge >= 0.3 is 5.97 Å². The van der Waals surface area contributed by atoms with Gasteiger partial charge in [-0.05, 0) is 86.5 Å². The number of sulfonamides is 1. The van der Waals surface area contributed by atoms with Gasteiger partial charge in [0, 0.05) is 11.8 Å². The van der Waals surface area contributed by atoms with Gasteiger partial charge in [0.15, 0.2) is 5.78 Å². The molecule has 0 aliphatic heterocycles. The second kappa shape index (κ2) is 10.7. The van der Waals surface area contributed by atoms with Crippen molar-refractivity contribution in [1.82, 2.24) is 0 Å². The number of benzene rings is 2. The van der Waals surface area contributed by atoms with Crippen LogP contribution in [0.5, 0.6) is 0 Å². The monoisotopic (exact) mass is 591 g/mol. The zero-order chi connectivity index (χ0) is 30.8. The first-order valence-electron chi connectivity index (χ1n) is 15.2. The Morgan fingerprint density at radius 2 is 1.62 bits per heavy atom. The van der Waals surface area contributed by atoms with Gasteiger partial charge < -0.3 is 4.74 Å². The van der Waals surface area contributed by atoms with E-state index in [1.807, 2.05) is 32.9 Å². The Labute approximate surface area is 251 Å². The standard InChI is InChI=1S/C35H45NO5S/c1-21(2)25-14-15-29(37)27(20-25)33(38)41-32-31(28-16-17-35(32,8)34(28,6)7)36(30-23(4)18-22(3)19-24(30)5)42(39,40)26-12-10-9-11-13-26/h9-13,18-21,25,28,31-32H,14-17H2,1-8H3/t25-,28-,31+,32+,35+/m1/s1. The lowest BCUT2D eigenvalue weighted by Gasteiger charge is -2.43. The molecule has 42 heavy (non-hydrogen) atoms. The van der Waals surface area contributed by atoms with Gasteiger partial charge in [-0.2, -0.15) is 0 Å². The third kappa shape index (κ3) is 4.72. The van der Waals surface area contributed by atoms with Crippen molar-refractivity contribution in [2.75, 3.05) is 4.31 Å². The average molecular weight is 592 g/mol. The largest absolute Gasteiger partial charge is 0.456 e. The minimum absolute atomic E-state index is 0.0571. The molecule has 0 unspecified atom stereocenters. The number of rotatable bonds is 7. The fraction of sp³-hybridized carbons (Fsp3) is 0.543. The predicted octanol–water partition coefficient (Wildman–Crippen LogP) is 7.11. The summed E-state index contributed by atoms with van der Waals surface area (Å²) < 4.78 is 37.5. The molecule has 2 aromatic rings. The Balaban J connectivity index is 1.69. The maximum absolute atomic E-state index is 14.7. The summed E-state index contributed by atoms with van der Waals surface area (Å²) in [6.45, 7) is 16.6. The summed E-state index contributed by atoms with van der Waals surface area (Å²) in [4.78, 5) is 27.1. The molecule has 3 aliphatic carbocycles. The van der Waals surface area contributed by atoms with Crippen LogP contribution in [0.3, 0.4) is 0 Å².